The third kappa shape index (κ3) is 5.71. The Labute approximate surface area is 166 Å². The van der Waals surface area contributed by atoms with Gasteiger partial charge in [0.1, 0.15) is 11.0 Å². The minimum atomic E-state index is -1.09. The number of thioether (sulfide) groups is 1. The van der Waals surface area contributed by atoms with Crippen LogP contribution in [0.1, 0.15) is 13.8 Å². The zero-order chi connectivity index (χ0) is 20.7. The maximum atomic E-state index is 12.4. The van der Waals surface area contributed by atoms with E-state index in [0.29, 0.717) is 0 Å². The predicted molar refractivity (Wildman–Crippen MR) is 106 cm³/mol. The van der Waals surface area contributed by atoms with Gasteiger partial charge >= 0.3 is 5.97 Å². The molecule has 0 saturated heterocycles. The molecule has 2 aromatic carbocycles. The van der Waals surface area contributed by atoms with Gasteiger partial charge in [0.2, 0.25) is 0 Å². The third-order valence-corrected chi connectivity index (χ3v) is 4.79. The molecule has 2 rings (SSSR count). The topological polar surface area (TPSA) is 108 Å². The number of nitrogens with one attached hydrogen (secondary N) is 1. The first-order valence-corrected chi connectivity index (χ1v) is 9.25. The van der Waals surface area contributed by atoms with Crippen LogP contribution < -0.4 is 10.1 Å². The van der Waals surface area contributed by atoms with Crippen molar-refractivity contribution in [2.45, 2.75) is 30.1 Å². The summed E-state index contributed by atoms with van der Waals surface area (Å²) in [6.07, 6.45) is -1.09. The number of nitro groups is 1. The first-order chi connectivity index (χ1) is 13.3. The van der Waals surface area contributed by atoms with Gasteiger partial charge in [-0.15, -0.1) is 11.8 Å². The van der Waals surface area contributed by atoms with Crippen molar-refractivity contribution in [2.75, 3.05) is 12.4 Å². The second kappa shape index (κ2) is 9.75. The molecular formula is C19H20N2O6S. The summed E-state index contributed by atoms with van der Waals surface area (Å²) < 4.78 is 10.3. The Balaban J connectivity index is 1.99. The lowest BCUT2D eigenvalue weighted by atomic mass is 10.2. The molecule has 148 valence electrons. The summed E-state index contributed by atoms with van der Waals surface area (Å²) in [4.78, 5) is 35.9. The zero-order valence-electron chi connectivity index (χ0n) is 15.6. The standard InChI is InChI=1S/C19H20N2O6S/c1-12(27-19(23)13(2)28-15-7-5-4-6-8-15)18(22)20-16-11-14(21(24)25)9-10-17(16)26-3/h4-13H,1-3H3,(H,20,22)/t12-,13+/m1/s1. The van der Waals surface area contributed by atoms with Gasteiger partial charge in [0.25, 0.3) is 11.6 Å². The van der Waals surface area contributed by atoms with E-state index >= 15 is 0 Å². The number of ether oxygens (including phenoxy) is 2. The van der Waals surface area contributed by atoms with Gasteiger partial charge in [0.15, 0.2) is 6.10 Å². The smallest absolute Gasteiger partial charge is 0.319 e. The van der Waals surface area contributed by atoms with E-state index in [9.17, 15) is 19.7 Å². The van der Waals surface area contributed by atoms with Crippen LogP contribution in [0.5, 0.6) is 5.75 Å². The predicted octanol–water partition coefficient (Wildman–Crippen LogP) is 3.65. The number of benzene rings is 2. The van der Waals surface area contributed by atoms with Crippen molar-refractivity contribution in [1.82, 2.24) is 0 Å². The molecule has 0 radical (unpaired) electrons. The third-order valence-electron chi connectivity index (χ3n) is 3.70. The second-order valence-electron chi connectivity index (χ2n) is 5.78. The van der Waals surface area contributed by atoms with Gasteiger partial charge in [-0.2, -0.15) is 0 Å². The molecule has 0 aliphatic carbocycles. The maximum Gasteiger partial charge on any atom is 0.319 e. The van der Waals surface area contributed by atoms with E-state index < -0.39 is 28.2 Å². The zero-order valence-corrected chi connectivity index (χ0v) is 16.4. The number of hydrogen-bond donors (Lipinski definition) is 1. The molecule has 9 heteroatoms. The lowest BCUT2D eigenvalue weighted by Crippen LogP contribution is -2.32. The quantitative estimate of drug-likeness (QED) is 0.310. The molecule has 0 aromatic heterocycles. The number of carbonyl (C=O) groups excluding carboxylic acids is 2. The number of methoxy groups -OCH3 is 1. The molecular weight excluding hydrogens is 384 g/mol. The highest BCUT2D eigenvalue weighted by Gasteiger charge is 2.24. The molecule has 1 amide bonds. The number of hydrogen-bond acceptors (Lipinski definition) is 7. The fourth-order valence-corrected chi connectivity index (χ4v) is 3.09. The van der Waals surface area contributed by atoms with Crippen LogP contribution in [0.3, 0.4) is 0 Å². The van der Waals surface area contributed by atoms with E-state index in [4.69, 9.17) is 9.47 Å². The van der Waals surface area contributed by atoms with Gasteiger partial charge in [-0.05, 0) is 32.0 Å². The van der Waals surface area contributed by atoms with Crippen LogP contribution in [0.2, 0.25) is 0 Å². The molecule has 0 aliphatic heterocycles. The number of anilines is 1. The highest BCUT2D eigenvalue weighted by molar-refractivity contribution is 8.00. The van der Waals surface area contributed by atoms with E-state index in [2.05, 4.69) is 5.32 Å². The van der Waals surface area contributed by atoms with Crippen molar-refractivity contribution >= 4 is 35.0 Å². The molecule has 2 aromatic rings. The van der Waals surface area contributed by atoms with Crippen LogP contribution in [-0.2, 0) is 14.3 Å². The van der Waals surface area contributed by atoms with Crippen LogP contribution >= 0.6 is 11.8 Å². The van der Waals surface area contributed by atoms with Crippen molar-refractivity contribution in [3.05, 3.63) is 58.6 Å². The minimum Gasteiger partial charge on any atom is -0.495 e. The SMILES string of the molecule is COc1ccc([N+](=O)[O-])cc1NC(=O)[C@@H](C)OC(=O)[C@H](C)Sc1ccccc1. The maximum absolute atomic E-state index is 12.4. The largest absolute Gasteiger partial charge is 0.495 e. The molecule has 0 unspecified atom stereocenters. The van der Waals surface area contributed by atoms with Crippen molar-refractivity contribution in [3.63, 3.8) is 0 Å². The molecule has 0 spiro atoms. The number of nitrogens with zero attached hydrogens (tertiary/aromatic N) is 1. The van der Waals surface area contributed by atoms with Crippen molar-refractivity contribution < 1.29 is 24.0 Å². The van der Waals surface area contributed by atoms with Gasteiger partial charge in [-0.25, -0.2) is 0 Å². The molecule has 8 nitrogen and oxygen atoms in total. The van der Waals surface area contributed by atoms with Gasteiger partial charge in [0.05, 0.1) is 17.7 Å². The average molecular weight is 404 g/mol. The Morgan fingerprint density at radius 3 is 2.43 bits per heavy atom. The summed E-state index contributed by atoms with van der Waals surface area (Å²) in [5.41, 5.74) is -0.0788. The summed E-state index contributed by atoms with van der Waals surface area (Å²) in [7, 11) is 1.38. The van der Waals surface area contributed by atoms with Crippen molar-refractivity contribution in [3.8, 4) is 5.75 Å². The molecule has 1 N–H and O–H groups in total. The summed E-state index contributed by atoms with van der Waals surface area (Å²) in [5.74, 6) is -0.906. The number of rotatable bonds is 8. The second-order valence-corrected chi connectivity index (χ2v) is 7.20. The lowest BCUT2D eigenvalue weighted by molar-refractivity contribution is -0.384. The van der Waals surface area contributed by atoms with Crippen molar-refractivity contribution in [2.24, 2.45) is 0 Å². The van der Waals surface area contributed by atoms with Gasteiger partial charge < -0.3 is 14.8 Å². The first-order valence-electron chi connectivity index (χ1n) is 8.37. The number of non-ortho nitro benzene ring substituents is 1. The Kier molecular flexibility index (Phi) is 7.39. The van der Waals surface area contributed by atoms with E-state index in [-0.39, 0.29) is 17.1 Å². The molecule has 0 fully saturated rings. The Hall–Kier alpha value is -3.07. The van der Waals surface area contributed by atoms with E-state index in [1.165, 1.54) is 44.0 Å². The van der Waals surface area contributed by atoms with Crippen molar-refractivity contribution in [1.29, 1.82) is 0 Å². The van der Waals surface area contributed by atoms with Crippen LogP contribution in [-0.4, -0.2) is 35.3 Å². The number of amides is 1. The van der Waals surface area contributed by atoms with E-state index in [1.807, 2.05) is 30.3 Å². The summed E-state index contributed by atoms with van der Waals surface area (Å²) in [5, 5.41) is 12.9. The van der Waals surface area contributed by atoms with E-state index in [1.54, 1.807) is 6.92 Å². The summed E-state index contributed by atoms with van der Waals surface area (Å²) >= 11 is 1.32. The summed E-state index contributed by atoms with van der Waals surface area (Å²) in [6, 6.07) is 13.2. The van der Waals surface area contributed by atoms with Crippen LogP contribution in [0, 0.1) is 10.1 Å². The number of nitro benzene ring substituents is 1. The molecule has 0 aliphatic rings. The normalized spacial score (nSPS) is 12.5. The van der Waals surface area contributed by atoms with Gasteiger partial charge in [-0.3, -0.25) is 19.7 Å². The van der Waals surface area contributed by atoms with Gasteiger partial charge in [-0.1, -0.05) is 18.2 Å². The van der Waals surface area contributed by atoms with Crippen LogP contribution in [0.15, 0.2) is 53.4 Å². The molecule has 0 heterocycles. The Bertz CT molecular complexity index is 859. The molecule has 28 heavy (non-hydrogen) atoms. The summed E-state index contributed by atoms with van der Waals surface area (Å²) in [6.45, 7) is 3.12. The minimum absolute atomic E-state index is 0.122. The van der Waals surface area contributed by atoms with E-state index in [0.717, 1.165) is 4.90 Å². The Morgan fingerprint density at radius 2 is 1.82 bits per heavy atom. The number of carbonyl (C=O) groups is 2. The highest BCUT2D eigenvalue weighted by Crippen LogP contribution is 2.29. The number of esters is 1. The van der Waals surface area contributed by atoms with Gasteiger partial charge in [0, 0.05) is 17.0 Å². The average Bonchev–Trinajstić information content (AvgIpc) is 2.68. The molecule has 0 bridgehead atoms. The molecule has 0 saturated carbocycles. The fraction of sp³-hybridized carbons (Fsp3) is 0.263. The fourth-order valence-electron chi connectivity index (χ4n) is 2.22. The Morgan fingerprint density at radius 1 is 1.14 bits per heavy atom. The first kappa shape index (κ1) is 21.2. The van der Waals surface area contributed by atoms with Crippen LogP contribution in [0.4, 0.5) is 11.4 Å². The van der Waals surface area contributed by atoms with Crippen LogP contribution in [0.25, 0.3) is 0 Å². The lowest BCUT2D eigenvalue weighted by Gasteiger charge is -2.17. The monoisotopic (exact) mass is 404 g/mol. The highest BCUT2D eigenvalue weighted by atomic mass is 32.2. The molecule has 2 atom stereocenters.